The number of rotatable bonds is 6. The molecule has 3 aliphatic rings. The van der Waals surface area contributed by atoms with Gasteiger partial charge < -0.3 is 24.8 Å². The lowest BCUT2D eigenvalue weighted by Gasteiger charge is -2.42. The van der Waals surface area contributed by atoms with Crippen LogP contribution in [0.4, 0.5) is 17.1 Å². The minimum absolute atomic E-state index is 0.161. The van der Waals surface area contributed by atoms with Crippen molar-refractivity contribution < 1.29 is 29.1 Å². The molecule has 4 aromatic carbocycles. The summed E-state index contributed by atoms with van der Waals surface area (Å²) in [4.78, 5) is 29.3. The van der Waals surface area contributed by atoms with Gasteiger partial charge in [0.15, 0.2) is 0 Å². The zero-order chi connectivity index (χ0) is 29.7. The molecule has 4 atom stereocenters. The topological polar surface area (TPSA) is 108 Å². The molecule has 0 aromatic heterocycles. The lowest BCUT2D eigenvalue weighted by atomic mass is 9.55. The van der Waals surface area contributed by atoms with Gasteiger partial charge in [-0.05, 0) is 83.2 Å². The van der Waals surface area contributed by atoms with E-state index in [2.05, 4.69) is 5.32 Å². The van der Waals surface area contributed by atoms with Crippen molar-refractivity contribution in [3.63, 3.8) is 0 Å². The molecule has 2 amide bonds. The maximum Gasteiger partial charge on any atom is 0.487 e. The molecule has 8 nitrogen and oxygen atoms in total. The molecule has 2 fully saturated rings. The Bertz CT molecular complexity index is 1740. The van der Waals surface area contributed by atoms with Crippen molar-refractivity contribution >= 4 is 46.8 Å². The van der Waals surface area contributed by atoms with Crippen LogP contribution in [0.3, 0.4) is 0 Å². The minimum Gasteiger partial charge on any atom is -0.507 e. The van der Waals surface area contributed by atoms with E-state index in [0.717, 1.165) is 27.9 Å². The molecule has 0 radical (unpaired) electrons. The molecule has 7 rings (SSSR count). The van der Waals surface area contributed by atoms with Crippen LogP contribution in [0.25, 0.3) is 10.8 Å². The fourth-order valence-electron chi connectivity index (χ4n) is 7.14. The summed E-state index contributed by atoms with van der Waals surface area (Å²) in [6.07, 6.45) is 0.186. The highest BCUT2D eigenvalue weighted by atomic mass is 16.5. The van der Waals surface area contributed by atoms with Crippen LogP contribution in [0.15, 0.2) is 102 Å². The Morgan fingerprint density at radius 3 is 2.33 bits per heavy atom. The van der Waals surface area contributed by atoms with Crippen LogP contribution >= 0.6 is 0 Å². The number of carbonyl (C=O) groups excluding carboxylic acids is 2. The Hall–Kier alpha value is -4.44. The van der Waals surface area contributed by atoms with Crippen LogP contribution in [-0.2, 0) is 19.0 Å². The number of nitrogens with one attached hydrogen (secondary N) is 1. The number of aromatic hydroxyl groups is 1. The van der Waals surface area contributed by atoms with Crippen molar-refractivity contribution in [1.29, 1.82) is 0 Å². The van der Waals surface area contributed by atoms with E-state index in [9.17, 15) is 19.7 Å². The Kier molecular flexibility index (Phi) is 7.01. The first kappa shape index (κ1) is 27.4. The first-order valence-corrected chi connectivity index (χ1v) is 14.5. The van der Waals surface area contributed by atoms with Crippen LogP contribution in [0.1, 0.15) is 24.5 Å². The van der Waals surface area contributed by atoms with Gasteiger partial charge in [0.25, 0.3) is 0 Å². The van der Waals surface area contributed by atoms with E-state index in [0.29, 0.717) is 29.4 Å². The molecule has 0 bridgehead atoms. The molecule has 2 heterocycles. The number of fused-ring (bicyclic) bond motifs is 4. The number of hydrogen-bond acceptors (Lipinski definition) is 7. The Balaban J connectivity index is 1.22. The molecule has 1 aliphatic carbocycles. The number of phenols is 1. The van der Waals surface area contributed by atoms with Gasteiger partial charge in [0.05, 0.1) is 30.2 Å². The van der Waals surface area contributed by atoms with Crippen molar-refractivity contribution in [1.82, 2.24) is 0 Å². The van der Waals surface area contributed by atoms with Crippen LogP contribution in [0.5, 0.6) is 5.75 Å². The summed E-state index contributed by atoms with van der Waals surface area (Å²) in [6.45, 7) is 0.240. The fourth-order valence-corrected chi connectivity index (χ4v) is 7.14. The number of ether oxygens (including phenoxy) is 1. The molecular weight excluding hydrogens is 543 g/mol. The average molecular weight is 574 g/mol. The number of benzene rings is 4. The Morgan fingerprint density at radius 1 is 0.884 bits per heavy atom. The number of nitrogens with zero attached hydrogens (tertiary/aromatic N) is 1. The van der Waals surface area contributed by atoms with Gasteiger partial charge in [-0.3, -0.25) is 14.5 Å². The standard InChI is InChI=1S/C34H31BN2O6/c1-42-19-20-17-28-31(34(40)37(33(28)39)23-13-11-22(12-14-23)36-21-7-3-2-4-8-21)27-18-30(43-35(41)32(20)27)26-15-16-29(38)25-10-6-5-9-24(25)26/h2-16,27-28,30-31,36,38,41H,17-19H2,1H3/t27-,28-,30-,31+/m0/s1. The van der Waals surface area contributed by atoms with Crippen molar-refractivity contribution in [3.8, 4) is 5.75 Å². The quantitative estimate of drug-likeness (QED) is 0.205. The summed E-state index contributed by atoms with van der Waals surface area (Å²) in [7, 11) is 0.331. The van der Waals surface area contributed by atoms with E-state index in [1.807, 2.05) is 66.7 Å². The predicted molar refractivity (Wildman–Crippen MR) is 165 cm³/mol. The molecule has 2 aliphatic heterocycles. The van der Waals surface area contributed by atoms with Crippen LogP contribution in [0, 0.1) is 17.8 Å². The molecule has 0 unspecified atom stereocenters. The fraction of sp³-hybridized carbons (Fsp3) is 0.235. The van der Waals surface area contributed by atoms with Crippen molar-refractivity contribution in [3.05, 3.63) is 108 Å². The van der Waals surface area contributed by atoms with Crippen molar-refractivity contribution in [2.45, 2.75) is 18.9 Å². The van der Waals surface area contributed by atoms with Gasteiger partial charge in [0.1, 0.15) is 5.75 Å². The van der Waals surface area contributed by atoms with Crippen LogP contribution < -0.4 is 10.2 Å². The van der Waals surface area contributed by atoms with E-state index >= 15 is 0 Å². The number of allylic oxidation sites excluding steroid dienone is 1. The number of imide groups is 1. The number of phenolic OH excluding ortho intramolecular Hbond substituents is 1. The highest BCUT2D eigenvalue weighted by Gasteiger charge is 2.58. The van der Waals surface area contributed by atoms with E-state index < -0.39 is 31.0 Å². The van der Waals surface area contributed by atoms with Crippen LogP contribution in [0.2, 0.25) is 0 Å². The van der Waals surface area contributed by atoms with Crippen molar-refractivity contribution in [2.75, 3.05) is 23.9 Å². The van der Waals surface area contributed by atoms with Gasteiger partial charge in [-0.15, -0.1) is 0 Å². The van der Waals surface area contributed by atoms with E-state index in [1.165, 1.54) is 4.90 Å². The SMILES string of the molecule is COCC1=C2B(O)O[C@H](c3ccc(O)c4ccccc34)C[C@H]2[C@H]2C(=O)N(c3ccc(Nc4ccccc4)cc3)C(=O)[C@H]2C1. The molecule has 0 spiro atoms. The number of para-hydroxylation sites is 1. The number of amides is 2. The van der Waals surface area contributed by atoms with Gasteiger partial charge in [0.2, 0.25) is 11.8 Å². The summed E-state index contributed by atoms with van der Waals surface area (Å²) < 4.78 is 11.7. The maximum absolute atomic E-state index is 14.1. The van der Waals surface area contributed by atoms with Gasteiger partial charge in [0, 0.05) is 23.9 Å². The molecular formula is C34H31BN2O6. The highest BCUT2D eigenvalue weighted by Crippen LogP contribution is 2.52. The zero-order valence-corrected chi connectivity index (χ0v) is 23.6. The molecule has 3 N–H and O–H groups in total. The van der Waals surface area contributed by atoms with Crippen LogP contribution in [-0.4, -0.2) is 42.8 Å². The average Bonchev–Trinajstić information content (AvgIpc) is 3.27. The molecule has 0 saturated carbocycles. The Labute approximate surface area is 249 Å². The molecule has 9 heteroatoms. The lowest BCUT2D eigenvalue weighted by Crippen LogP contribution is -2.45. The second-order valence-electron chi connectivity index (χ2n) is 11.4. The summed E-state index contributed by atoms with van der Waals surface area (Å²) in [5, 5.41) is 26.6. The molecule has 216 valence electrons. The summed E-state index contributed by atoms with van der Waals surface area (Å²) in [6, 6.07) is 28.0. The second-order valence-corrected chi connectivity index (χ2v) is 11.4. The largest absolute Gasteiger partial charge is 0.507 e. The second kappa shape index (κ2) is 11.0. The number of hydrogen-bond donors (Lipinski definition) is 3. The normalized spacial score (nSPS) is 23.5. The van der Waals surface area contributed by atoms with Gasteiger partial charge in [-0.25, -0.2) is 0 Å². The number of anilines is 3. The highest BCUT2D eigenvalue weighted by molar-refractivity contribution is 6.53. The van der Waals surface area contributed by atoms with Gasteiger partial charge in [-0.2, -0.15) is 0 Å². The third kappa shape index (κ3) is 4.70. The first-order valence-electron chi connectivity index (χ1n) is 14.5. The monoisotopic (exact) mass is 574 g/mol. The smallest absolute Gasteiger partial charge is 0.487 e. The zero-order valence-electron chi connectivity index (χ0n) is 23.6. The molecule has 2 saturated heterocycles. The molecule has 4 aromatic rings. The number of carbonyl (C=O) groups is 2. The predicted octanol–water partition coefficient (Wildman–Crippen LogP) is 5.54. The first-order chi connectivity index (χ1) is 20.9. The third-order valence-corrected chi connectivity index (χ3v) is 9.00. The summed E-state index contributed by atoms with van der Waals surface area (Å²) in [5.74, 6) is -1.94. The van der Waals surface area contributed by atoms with E-state index in [1.54, 1.807) is 31.4 Å². The summed E-state index contributed by atoms with van der Waals surface area (Å²) >= 11 is 0. The van der Waals surface area contributed by atoms with Crippen molar-refractivity contribution in [2.24, 2.45) is 17.8 Å². The summed E-state index contributed by atoms with van der Waals surface area (Å²) in [5.41, 5.74) is 4.57. The number of methoxy groups -OCH3 is 1. The van der Waals surface area contributed by atoms with E-state index in [4.69, 9.17) is 9.39 Å². The lowest BCUT2D eigenvalue weighted by molar-refractivity contribution is -0.123. The van der Waals surface area contributed by atoms with E-state index in [-0.39, 0.29) is 24.2 Å². The third-order valence-electron chi connectivity index (χ3n) is 9.00. The minimum atomic E-state index is -1.25. The Morgan fingerprint density at radius 2 is 1.58 bits per heavy atom. The van der Waals surface area contributed by atoms with Gasteiger partial charge >= 0.3 is 7.12 Å². The maximum atomic E-state index is 14.1. The molecule has 43 heavy (non-hydrogen) atoms. The van der Waals surface area contributed by atoms with Gasteiger partial charge in [-0.1, -0.05) is 48.5 Å².